The maximum Gasteiger partial charge on any atom is 0.0654 e. The molecular weight excluding hydrogens is 246 g/mol. The van der Waals surface area contributed by atoms with E-state index in [0.29, 0.717) is 12.7 Å². The first-order chi connectivity index (χ1) is 9.47. The van der Waals surface area contributed by atoms with Crippen molar-refractivity contribution in [2.45, 2.75) is 52.2 Å². The quantitative estimate of drug-likeness (QED) is 0.715. The second kappa shape index (κ2) is 8.93. The summed E-state index contributed by atoms with van der Waals surface area (Å²) in [6.45, 7) is 10.5. The van der Waals surface area contributed by atoms with Gasteiger partial charge in [-0.2, -0.15) is 0 Å². The molecule has 0 saturated heterocycles. The second-order valence-electron chi connectivity index (χ2n) is 6.28. The number of hydrogen-bond donors (Lipinski definition) is 1. The van der Waals surface area contributed by atoms with Crippen LogP contribution in [0.3, 0.4) is 0 Å². The van der Waals surface area contributed by atoms with Gasteiger partial charge >= 0.3 is 0 Å². The van der Waals surface area contributed by atoms with Gasteiger partial charge in [-0.25, -0.2) is 0 Å². The summed E-state index contributed by atoms with van der Waals surface area (Å²) in [7, 11) is 0. The highest BCUT2D eigenvalue weighted by molar-refractivity contribution is 5.48. The third-order valence-corrected chi connectivity index (χ3v) is 3.03. The van der Waals surface area contributed by atoms with Crippen molar-refractivity contribution in [2.24, 2.45) is 0 Å². The molecule has 2 heteroatoms. The first-order valence-electron chi connectivity index (χ1n) is 7.55. The zero-order valence-electron chi connectivity index (χ0n) is 13.4. The Morgan fingerprint density at radius 2 is 1.90 bits per heavy atom. The second-order valence-corrected chi connectivity index (χ2v) is 6.28. The molecule has 1 aromatic carbocycles. The Kier molecular flexibility index (Phi) is 7.56. The highest BCUT2D eigenvalue weighted by Gasteiger charge is 2.08. The molecule has 0 aliphatic rings. The molecule has 0 radical (unpaired) electrons. The molecule has 1 aromatic rings. The van der Waals surface area contributed by atoms with Crippen LogP contribution in [-0.2, 0) is 4.74 Å². The molecule has 0 heterocycles. The molecule has 1 rings (SSSR count). The fraction of sp³-hybridized carbons (Fsp3) is 0.556. The van der Waals surface area contributed by atoms with E-state index >= 15 is 0 Å². The summed E-state index contributed by atoms with van der Waals surface area (Å²) >= 11 is 0. The van der Waals surface area contributed by atoms with E-state index in [-0.39, 0.29) is 5.54 Å². The maximum atomic E-state index is 5.78. The molecule has 0 fully saturated rings. The zero-order chi connectivity index (χ0) is 14.8. The van der Waals surface area contributed by atoms with Gasteiger partial charge in [-0.3, -0.25) is 0 Å². The first kappa shape index (κ1) is 16.9. The van der Waals surface area contributed by atoms with Crippen molar-refractivity contribution < 1.29 is 4.74 Å². The Labute approximate surface area is 124 Å². The van der Waals surface area contributed by atoms with Crippen LogP contribution in [0.4, 0.5) is 0 Å². The summed E-state index contributed by atoms with van der Waals surface area (Å²) in [5, 5.41) is 3.50. The van der Waals surface area contributed by atoms with Crippen molar-refractivity contribution in [1.29, 1.82) is 0 Å². The van der Waals surface area contributed by atoms with Crippen LogP contribution in [0.2, 0.25) is 0 Å². The Hall–Kier alpha value is -1.12. The normalized spacial score (nSPS) is 13.8. The highest BCUT2D eigenvalue weighted by atomic mass is 16.5. The zero-order valence-corrected chi connectivity index (χ0v) is 13.4. The van der Waals surface area contributed by atoms with E-state index in [4.69, 9.17) is 4.74 Å². The van der Waals surface area contributed by atoms with Crippen molar-refractivity contribution in [3.8, 4) is 0 Å². The van der Waals surface area contributed by atoms with E-state index in [2.05, 4.69) is 57.3 Å². The van der Waals surface area contributed by atoms with E-state index in [9.17, 15) is 0 Å². The Balaban J connectivity index is 2.08. The molecule has 1 unspecified atom stereocenters. The van der Waals surface area contributed by atoms with Crippen LogP contribution < -0.4 is 5.32 Å². The van der Waals surface area contributed by atoms with Crippen LogP contribution >= 0.6 is 0 Å². The molecule has 0 saturated carbocycles. The number of rotatable bonds is 8. The Morgan fingerprint density at radius 1 is 1.20 bits per heavy atom. The largest absolute Gasteiger partial charge is 0.374 e. The van der Waals surface area contributed by atoms with Gasteiger partial charge < -0.3 is 10.1 Å². The third kappa shape index (κ3) is 8.89. The average molecular weight is 275 g/mol. The first-order valence-corrected chi connectivity index (χ1v) is 7.55. The van der Waals surface area contributed by atoms with Gasteiger partial charge in [-0.05, 0) is 52.6 Å². The monoisotopic (exact) mass is 275 g/mol. The summed E-state index contributed by atoms with van der Waals surface area (Å²) in [5.74, 6) is 0. The lowest BCUT2D eigenvalue weighted by molar-refractivity contribution is 0.0802. The van der Waals surface area contributed by atoms with Gasteiger partial charge in [-0.1, -0.05) is 42.5 Å². The predicted molar refractivity (Wildman–Crippen MR) is 87.9 cm³/mol. The Bertz CT molecular complexity index is 378. The molecule has 0 aromatic heterocycles. The number of benzene rings is 1. The summed E-state index contributed by atoms with van der Waals surface area (Å²) in [5.41, 5.74) is 1.43. The minimum atomic E-state index is 0.211. The number of nitrogens with one attached hydrogen (secondary N) is 1. The SMILES string of the molecule is CC(CCCNC(C)(C)C)OCC=Cc1ccccc1. The van der Waals surface area contributed by atoms with Gasteiger partial charge in [0.2, 0.25) is 0 Å². The average Bonchev–Trinajstić information content (AvgIpc) is 2.40. The van der Waals surface area contributed by atoms with Gasteiger partial charge in [0.25, 0.3) is 0 Å². The van der Waals surface area contributed by atoms with E-state index in [1.807, 2.05) is 18.2 Å². The summed E-state index contributed by atoms with van der Waals surface area (Å²) < 4.78 is 5.78. The van der Waals surface area contributed by atoms with Gasteiger partial charge in [0, 0.05) is 5.54 Å². The molecule has 0 spiro atoms. The molecular formula is C18H29NO. The topological polar surface area (TPSA) is 21.3 Å². The van der Waals surface area contributed by atoms with Gasteiger partial charge in [0.05, 0.1) is 12.7 Å². The summed E-state index contributed by atoms with van der Waals surface area (Å²) in [6.07, 6.45) is 6.76. The molecule has 1 N–H and O–H groups in total. The van der Waals surface area contributed by atoms with Crippen LogP contribution in [0, 0.1) is 0 Å². The van der Waals surface area contributed by atoms with Crippen LogP contribution in [-0.4, -0.2) is 24.8 Å². The minimum absolute atomic E-state index is 0.211. The van der Waals surface area contributed by atoms with Crippen LogP contribution in [0.1, 0.15) is 46.1 Å². The highest BCUT2D eigenvalue weighted by Crippen LogP contribution is 2.05. The fourth-order valence-electron chi connectivity index (χ4n) is 1.90. The molecule has 0 bridgehead atoms. The third-order valence-electron chi connectivity index (χ3n) is 3.03. The fourth-order valence-corrected chi connectivity index (χ4v) is 1.90. The van der Waals surface area contributed by atoms with E-state index in [1.54, 1.807) is 0 Å². The van der Waals surface area contributed by atoms with Gasteiger partial charge in [0.15, 0.2) is 0 Å². The van der Waals surface area contributed by atoms with E-state index in [1.165, 1.54) is 5.56 Å². The molecule has 112 valence electrons. The van der Waals surface area contributed by atoms with Gasteiger partial charge in [-0.15, -0.1) is 0 Å². The summed E-state index contributed by atoms with van der Waals surface area (Å²) in [4.78, 5) is 0. The molecule has 1 atom stereocenters. The standard InChI is InChI=1S/C18H29NO/c1-16(10-8-14-19-18(2,3)4)20-15-9-13-17-11-6-5-7-12-17/h5-7,9,11-13,16,19H,8,10,14-15H2,1-4H3. The van der Waals surface area contributed by atoms with E-state index < -0.39 is 0 Å². The van der Waals surface area contributed by atoms with Crippen LogP contribution in [0.15, 0.2) is 36.4 Å². The smallest absolute Gasteiger partial charge is 0.0654 e. The number of hydrogen-bond acceptors (Lipinski definition) is 2. The van der Waals surface area contributed by atoms with Crippen LogP contribution in [0.5, 0.6) is 0 Å². The van der Waals surface area contributed by atoms with Gasteiger partial charge in [0.1, 0.15) is 0 Å². The predicted octanol–water partition coefficient (Wildman–Crippen LogP) is 4.27. The molecule has 0 aliphatic carbocycles. The lowest BCUT2D eigenvalue weighted by Crippen LogP contribution is -2.36. The maximum absolute atomic E-state index is 5.78. The summed E-state index contributed by atoms with van der Waals surface area (Å²) in [6, 6.07) is 10.3. The minimum Gasteiger partial charge on any atom is -0.374 e. The lowest BCUT2D eigenvalue weighted by atomic mass is 10.1. The van der Waals surface area contributed by atoms with Crippen molar-refractivity contribution in [2.75, 3.05) is 13.2 Å². The lowest BCUT2D eigenvalue weighted by Gasteiger charge is -2.21. The van der Waals surface area contributed by atoms with Crippen molar-refractivity contribution >= 4 is 6.08 Å². The van der Waals surface area contributed by atoms with Crippen molar-refractivity contribution in [1.82, 2.24) is 5.32 Å². The van der Waals surface area contributed by atoms with E-state index in [0.717, 1.165) is 19.4 Å². The van der Waals surface area contributed by atoms with Crippen molar-refractivity contribution in [3.05, 3.63) is 42.0 Å². The van der Waals surface area contributed by atoms with Crippen LogP contribution in [0.25, 0.3) is 6.08 Å². The Morgan fingerprint density at radius 3 is 2.55 bits per heavy atom. The molecule has 20 heavy (non-hydrogen) atoms. The molecule has 0 aliphatic heterocycles. The van der Waals surface area contributed by atoms with Crippen molar-refractivity contribution in [3.63, 3.8) is 0 Å². The molecule has 0 amide bonds. The number of ether oxygens (including phenoxy) is 1. The molecule has 2 nitrogen and oxygen atoms in total.